The van der Waals surface area contributed by atoms with Crippen LogP contribution >= 0.6 is 15.9 Å². The van der Waals surface area contributed by atoms with Gasteiger partial charge in [0.05, 0.1) is 12.0 Å². The molecular formula is C16H20BrN. The molecule has 1 aliphatic carbocycles. The molecule has 0 amide bonds. The van der Waals surface area contributed by atoms with Crippen LogP contribution in [0.3, 0.4) is 0 Å². The highest BCUT2D eigenvalue weighted by Crippen LogP contribution is 2.36. The molecular weight excluding hydrogens is 286 g/mol. The van der Waals surface area contributed by atoms with E-state index < -0.39 is 0 Å². The number of hydrogen-bond acceptors (Lipinski definition) is 1. The fourth-order valence-electron chi connectivity index (χ4n) is 2.81. The van der Waals surface area contributed by atoms with Crippen molar-refractivity contribution in [2.45, 2.75) is 57.3 Å². The monoisotopic (exact) mass is 305 g/mol. The summed E-state index contributed by atoms with van der Waals surface area (Å²) in [5.74, 6) is 0.679. The van der Waals surface area contributed by atoms with Crippen LogP contribution in [0.25, 0.3) is 0 Å². The quantitative estimate of drug-likeness (QED) is 0.660. The van der Waals surface area contributed by atoms with E-state index in [2.05, 4.69) is 40.2 Å². The molecule has 0 heterocycles. The fraction of sp³-hybridized carbons (Fsp3) is 0.562. The number of hydrogen-bond donors (Lipinski definition) is 0. The molecule has 2 rings (SSSR count). The van der Waals surface area contributed by atoms with Crippen molar-refractivity contribution in [2.24, 2.45) is 0 Å². The maximum absolute atomic E-state index is 8.97. The summed E-state index contributed by atoms with van der Waals surface area (Å²) >= 11 is 3.70. The summed E-state index contributed by atoms with van der Waals surface area (Å²) in [7, 11) is 0. The van der Waals surface area contributed by atoms with Crippen molar-refractivity contribution in [1.29, 1.82) is 5.26 Å². The minimum Gasteiger partial charge on any atom is -0.198 e. The minimum atomic E-state index is -0.0236. The first-order valence-corrected chi connectivity index (χ1v) is 7.70. The van der Waals surface area contributed by atoms with Crippen molar-refractivity contribution >= 4 is 15.9 Å². The molecule has 1 atom stereocenters. The molecule has 1 nitrogen and oxygen atoms in total. The zero-order chi connectivity index (χ0) is 13.0. The summed E-state index contributed by atoms with van der Waals surface area (Å²) in [5, 5.41) is 8.97. The first-order valence-electron chi connectivity index (χ1n) is 6.91. The van der Waals surface area contributed by atoms with Gasteiger partial charge >= 0.3 is 0 Å². The van der Waals surface area contributed by atoms with Gasteiger partial charge in [-0.15, -0.1) is 0 Å². The van der Waals surface area contributed by atoms with Gasteiger partial charge in [-0.25, -0.2) is 0 Å². The van der Waals surface area contributed by atoms with Crippen LogP contribution in [0.15, 0.2) is 22.7 Å². The Balaban J connectivity index is 2.21. The predicted octanol–water partition coefficient (Wildman–Crippen LogP) is 5.51. The average molecular weight is 306 g/mol. The van der Waals surface area contributed by atoms with Crippen molar-refractivity contribution in [3.8, 4) is 6.07 Å². The Labute approximate surface area is 118 Å². The van der Waals surface area contributed by atoms with E-state index in [1.807, 2.05) is 6.92 Å². The molecule has 0 aliphatic heterocycles. The van der Waals surface area contributed by atoms with Crippen LogP contribution in [-0.4, -0.2) is 0 Å². The van der Waals surface area contributed by atoms with Gasteiger partial charge in [0.25, 0.3) is 0 Å². The van der Waals surface area contributed by atoms with Crippen LogP contribution in [0.1, 0.15) is 68.4 Å². The van der Waals surface area contributed by atoms with E-state index in [1.54, 1.807) is 0 Å². The van der Waals surface area contributed by atoms with E-state index in [-0.39, 0.29) is 5.92 Å². The van der Waals surface area contributed by atoms with Crippen molar-refractivity contribution in [3.63, 3.8) is 0 Å². The van der Waals surface area contributed by atoms with Crippen LogP contribution in [0.4, 0.5) is 0 Å². The van der Waals surface area contributed by atoms with E-state index in [0.717, 1.165) is 5.56 Å². The van der Waals surface area contributed by atoms with Gasteiger partial charge in [-0.1, -0.05) is 53.7 Å². The van der Waals surface area contributed by atoms with Crippen molar-refractivity contribution in [3.05, 3.63) is 33.8 Å². The second kappa shape index (κ2) is 6.38. The zero-order valence-corrected chi connectivity index (χ0v) is 12.5. The zero-order valence-electron chi connectivity index (χ0n) is 11.0. The largest absolute Gasteiger partial charge is 0.198 e. The lowest BCUT2D eigenvalue weighted by molar-refractivity contribution is 0.590. The molecule has 1 fully saturated rings. The Morgan fingerprint density at radius 3 is 2.44 bits per heavy atom. The summed E-state index contributed by atoms with van der Waals surface area (Å²) in [6.45, 7) is 1.95. The third-order valence-electron chi connectivity index (χ3n) is 4.01. The molecule has 1 unspecified atom stereocenters. The van der Waals surface area contributed by atoms with Gasteiger partial charge in [-0.2, -0.15) is 5.26 Å². The lowest BCUT2D eigenvalue weighted by Gasteiger charge is -2.17. The lowest BCUT2D eigenvalue weighted by atomic mass is 9.90. The SMILES string of the molecule is CC(C#N)c1ccc(C2CCCCCC2)c(Br)c1. The number of halogens is 1. The van der Waals surface area contributed by atoms with Gasteiger partial charge in [-0.05, 0) is 42.9 Å². The Hall–Kier alpha value is -0.810. The van der Waals surface area contributed by atoms with Gasteiger partial charge < -0.3 is 0 Å². The van der Waals surface area contributed by atoms with Gasteiger partial charge in [0.15, 0.2) is 0 Å². The molecule has 0 aromatic heterocycles. The highest BCUT2D eigenvalue weighted by molar-refractivity contribution is 9.10. The normalized spacial score (nSPS) is 18.9. The number of nitriles is 1. The molecule has 0 bridgehead atoms. The van der Waals surface area contributed by atoms with E-state index in [0.29, 0.717) is 5.92 Å². The third kappa shape index (κ3) is 3.14. The van der Waals surface area contributed by atoms with Gasteiger partial charge in [0.2, 0.25) is 0 Å². The highest BCUT2D eigenvalue weighted by Gasteiger charge is 2.17. The average Bonchev–Trinajstić information content (AvgIpc) is 2.66. The fourth-order valence-corrected chi connectivity index (χ4v) is 3.53. The lowest BCUT2D eigenvalue weighted by Crippen LogP contribution is -2.00. The topological polar surface area (TPSA) is 23.8 Å². The highest BCUT2D eigenvalue weighted by atomic mass is 79.9. The molecule has 18 heavy (non-hydrogen) atoms. The molecule has 0 saturated heterocycles. The number of benzene rings is 1. The summed E-state index contributed by atoms with van der Waals surface area (Å²) in [6.07, 6.45) is 8.10. The van der Waals surface area contributed by atoms with Crippen LogP contribution in [-0.2, 0) is 0 Å². The molecule has 0 N–H and O–H groups in total. The van der Waals surface area contributed by atoms with Gasteiger partial charge in [0, 0.05) is 4.47 Å². The Kier molecular flexibility index (Phi) is 4.83. The minimum absolute atomic E-state index is 0.0236. The Bertz CT molecular complexity index is 439. The molecule has 1 saturated carbocycles. The number of rotatable bonds is 2. The van der Waals surface area contributed by atoms with Crippen molar-refractivity contribution in [1.82, 2.24) is 0 Å². The van der Waals surface area contributed by atoms with Crippen LogP contribution in [0.2, 0.25) is 0 Å². The Morgan fingerprint density at radius 2 is 1.89 bits per heavy atom. The maximum atomic E-state index is 8.97. The first kappa shape index (κ1) is 13.6. The Morgan fingerprint density at radius 1 is 1.22 bits per heavy atom. The van der Waals surface area contributed by atoms with E-state index in [1.165, 1.54) is 48.6 Å². The molecule has 2 heteroatoms. The van der Waals surface area contributed by atoms with Crippen LogP contribution < -0.4 is 0 Å². The molecule has 1 aromatic carbocycles. The molecule has 0 spiro atoms. The third-order valence-corrected chi connectivity index (χ3v) is 4.70. The molecule has 1 aliphatic rings. The van der Waals surface area contributed by atoms with E-state index in [9.17, 15) is 0 Å². The first-order chi connectivity index (χ1) is 8.72. The number of nitrogens with zero attached hydrogens (tertiary/aromatic N) is 1. The van der Waals surface area contributed by atoms with Crippen molar-refractivity contribution < 1.29 is 0 Å². The van der Waals surface area contributed by atoms with Gasteiger partial charge in [-0.3, -0.25) is 0 Å². The van der Waals surface area contributed by atoms with E-state index >= 15 is 0 Å². The van der Waals surface area contributed by atoms with Crippen LogP contribution in [0.5, 0.6) is 0 Å². The summed E-state index contributed by atoms with van der Waals surface area (Å²) in [6, 6.07) is 8.78. The van der Waals surface area contributed by atoms with E-state index in [4.69, 9.17) is 5.26 Å². The predicted molar refractivity (Wildman–Crippen MR) is 78.6 cm³/mol. The summed E-state index contributed by atoms with van der Waals surface area (Å²) in [5.41, 5.74) is 2.55. The maximum Gasteiger partial charge on any atom is 0.0700 e. The summed E-state index contributed by atoms with van der Waals surface area (Å²) < 4.78 is 1.19. The summed E-state index contributed by atoms with van der Waals surface area (Å²) in [4.78, 5) is 0. The molecule has 96 valence electrons. The smallest absolute Gasteiger partial charge is 0.0700 e. The van der Waals surface area contributed by atoms with Crippen LogP contribution in [0, 0.1) is 11.3 Å². The standard InChI is InChI=1S/C16H20BrN/c1-12(11-18)14-8-9-15(16(17)10-14)13-6-4-2-3-5-7-13/h8-10,12-13H,2-7H2,1H3. The second-order valence-electron chi connectivity index (χ2n) is 5.32. The molecule has 0 radical (unpaired) electrons. The second-order valence-corrected chi connectivity index (χ2v) is 6.17. The van der Waals surface area contributed by atoms with Crippen molar-refractivity contribution in [2.75, 3.05) is 0 Å². The molecule has 1 aromatic rings. The van der Waals surface area contributed by atoms with Gasteiger partial charge in [0.1, 0.15) is 0 Å².